The largest absolute Gasteiger partial charge is 0.339 e. The normalized spacial score (nSPS) is 17.1. The average Bonchev–Trinajstić information content (AvgIpc) is 3.19. The van der Waals surface area contributed by atoms with E-state index in [1.807, 2.05) is 60.4 Å². The smallest absolute Gasteiger partial charge is 0.253 e. The number of hydrogen-bond acceptors (Lipinski definition) is 4. The summed E-state index contributed by atoms with van der Waals surface area (Å²) in [5.41, 5.74) is 2.83. The summed E-state index contributed by atoms with van der Waals surface area (Å²) >= 11 is 3.40. The number of piperidine rings is 1. The van der Waals surface area contributed by atoms with E-state index in [2.05, 4.69) is 26.1 Å². The predicted molar refractivity (Wildman–Crippen MR) is 106 cm³/mol. The molecule has 0 saturated carbocycles. The zero-order chi connectivity index (χ0) is 18.8. The predicted octanol–water partition coefficient (Wildman–Crippen LogP) is 4.83. The van der Waals surface area contributed by atoms with Crippen LogP contribution in [-0.2, 0) is 0 Å². The minimum atomic E-state index is 0.0467. The topological polar surface area (TPSA) is 59.2 Å². The molecular formula is C21H20BrN3O2. The second kappa shape index (κ2) is 7.64. The lowest BCUT2D eigenvalue weighted by Gasteiger charge is -2.31. The lowest BCUT2D eigenvalue weighted by Crippen LogP contribution is -2.39. The van der Waals surface area contributed by atoms with Gasteiger partial charge in [0.25, 0.3) is 5.91 Å². The number of nitrogens with zero attached hydrogens (tertiary/aromatic N) is 3. The van der Waals surface area contributed by atoms with Gasteiger partial charge in [-0.3, -0.25) is 4.79 Å². The number of aryl methyl sites for hydroxylation is 1. The summed E-state index contributed by atoms with van der Waals surface area (Å²) < 4.78 is 6.50. The lowest BCUT2D eigenvalue weighted by atomic mass is 9.97. The standard InChI is InChI=1S/C21H20BrN3O2/c1-14-4-6-15(7-5-14)19-23-20(27-24-19)17-3-2-12-25(13-17)21(26)16-8-10-18(22)11-9-16/h4-11,17H,2-3,12-13H2,1H3/t17-/m1/s1. The lowest BCUT2D eigenvalue weighted by molar-refractivity contribution is 0.0695. The van der Waals surface area contributed by atoms with Crippen LogP contribution in [0, 0.1) is 6.92 Å². The van der Waals surface area contributed by atoms with Crippen molar-refractivity contribution in [3.8, 4) is 11.4 Å². The van der Waals surface area contributed by atoms with Gasteiger partial charge in [0, 0.05) is 28.7 Å². The van der Waals surface area contributed by atoms with Crippen molar-refractivity contribution in [3.63, 3.8) is 0 Å². The van der Waals surface area contributed by atoms with Gasteiger partial charge in [0.2, 0.25) is 11.7 Å². The van der Waals surface area contributed by atoms with E-state index >= 15 is 0 Å². The Labute approximate surface area is 166 Å². The van der Waals surface area contributed by atoms with Gasteiger partial charge in [-0.15, -0.1) is 0 Å². The van der Waals surface area contributed by atoms with Gasteiger partial charge in [0.1, 0.15) is 0 Å². The highest BCUT2D eigenvalue weighted by Gasteiger charge is 2.29. The molecule has 1 fully saturated rings. The van der Waals surface area contributed by atoms with Crippen molar-refractivity contribution in [3.05, 3.63) is 70.0 Å². The monoisotopic (exact) mass is 425 g/mol. The Balaban J connectivity index is 1.49. The first-order chi connectivity index (χ1) is 13.1. The SMILES string of the molecule is Cc1ccc(-c2noc([C@@H]3CCCN(C(=O)c4ccc(Br)cc4)C3)n2)cc1. The van der Waals surface area contributed by atoms with E-state index in [9.17, 15) is 4.79 Å². The number of halogens is 1. The molecule has 0 unspecified atom stereocenters. The van der Waals surface area contributed by atoms with E-state index in [4.69, 9.17) is 4.52 Å². The minimum absolute atomic E-state index is 0.0467. The fourth-order valence-electron chi connectivity index (χ4n) is 3.36. The van der Waals surface area contributed by atoms with Crippen LogP contribution in [0.25, 0.3) is 11.4 Å². The average molecular weight is 426 g/mol. The minimum Gasteiger partial charge on any atom is -0.339 e. The number of amides is 1. The molecule has 1 aromatic heterocycles. The Bertz CT molecular complexity index is 935. The Morgan fingerprint density at radius 3 is 2.63 bits per heavy atom. The van der Waals surface area contributed by atoms with E-state index < -0.39 is 0 Å². The quantitative estimate of drug-likeness (QED) is 0.602. The van der Waals surface area contributed by atoms with Gasteiger partial charge >= 0.3 is 0 Å². The van der Waals surface area contributed by atoms with Crippen molar-refractivity contribution in [2.45, 2.75) is 25.7 Å². The molecule has 1 aliphatic rings. The van der Waals surface area contributed by atoms with Crippen LogP contribution >= 0.6 is 15.9 Å². The highest BCUT2D eigenvalue weighted by molar-refractivity contribution is 9.10. The first kappa shape index (κ1) is 17.9. The fraction of sp³-hybridized carbons (Fsp3) is 0.286. The number of hydrogen-bond donors (Lipinski definition) is 0. The summed E-state index contributed by atoms with van der Waals surface area (Å²) in [6.45, 7) is 3.40. The van der Waals surface area contributed by atoms with E-state index in [-0.39, 0.29) is 11.8 Å². The van der Waals surface area contributed by atoms with Gasteiger partial charge in [-0.25, -0.2) is 0 Å². The van der Waals surface area contributed by atoms with Crippen LogP contribution in [-0.4, -0.2) is 34.0 Å². The van der Waals surface area contributed by atoms with Crippen molar-refractivity contribution < 1.29 is 9.32 Å². The maximum Gasteiger partial charge on any atom is 0.253 e. The second-order valence-electron chi connectivity index (χ2n) is 6.92. The Morgan fingerprint density at radius 1 is 1.15 bits per heavy atom. The molecule has 0 radical (unpaired) electrons. The summed E-state index contributed by atoms with van der Waals surface area (Å²) in [6, 6.07) is 15.5. The van der Waals surface area contributed by atoms with Crippen LogP contribution in [0.2, 0.25) is 0 Å². The summed E-state index contributed by atoms with van der Waals surface area (Å²) in [5.74, 6) is 1.33. The molecule has 2 heterocycles. The maximum atomic E-state index is 12.8. The highest BCUT2D eigenvalue weighted by Crippen LogP contribution is 2.28. The zero-order valence-corrected chi connectivity index (χ0v) is 16.6. The Morgan fingerprint density at radius 2 is 1.89 bits per heavy atom. The summed E-state index contributed by atoms with van der Waals surface area (Å²) in [6.07, 6.45) is 1.87. The molecule has 1 aliphatic heterocycles. The number of likely N-dealkylation sites (tertiary alicyclic amines) is 1. The Hall–Kier alpha value is -2.47. The van der Waals surface area contributed by atoms with E-state index in [0.717, 1.165) is 29.4 Å². The third-order valence-electron chi connectivity index (χ3n) is 4.90. The van der Waals surface area contributed by atoms with Crippen LogP contribution in [0.5, 0.6) is 0 Å². The van der Waals surface area contributed by atoms with Crippen LogP contribution in [0.1, 0.15) is 40.6 Å². The molecule has 1 saturated heterocycles. The van der Waals surface area contributed by atoms with Gasteiger partial charge in [-0.05, 0) is 44.0 Å². The molecule has 138 valence electrons. The molecule has 27 heavy (non-hydrogen) atoms. The number of aromatic nitrogens is 2. The van der Waals surface area contributed by atoms with E-state index in [1.165, 1.54) is 5.56 Å². The third kappa shape index (κ3) is 3.95. The van der Waals surface area contributed by atoms with Crippen molar-refractivity contribution in [2.24, 2.45) is 0 Å². The second-order valence-corrected chi connectivity index (χ2v) is 7.84. The summed E-state index contributed by atoms with van der Waals surface area (Å²) in [7, 11) is 0. The number of benzene rings is 2. The molecule has 0 spiro atoms. The molecule has 5 nitrogen and oxygen atoms in total. The first-order valence-corrected chi connectivity index (χ1v) is 9.85. The van der Waals surface area contributed by atoms with E-state index in [1.54, 1.807) is 0 Å². The third-order valence-corrected chi connectivity index (χ3v) is 5.43. The van der Waals surface area contributed by atoms with Crippen LogP contribution in [0.3, 0.4) is 0 Å². The molecule has 0 bridgehead atoms. The maximum absolute atomic E-state index is 12.8. The molecule has 2 aromatic carbocycles. The van der Waals surface area contributed by atoms with Gasteiger partial charge in [0.15, 0.2) is 0 Å². The van der Waals surface area contributed by atoms with Gasteiger partial charge in [0.05, 0.1) is 5.92 Å². The Kier molecular flexibility index (Phi) is 5.07. The zero-order valence-electron chi connectivity index (χ0n) is 15.1. The van der Waals surface area contributed by atoms with Gasteiger partial charge < -0.3 is 9.42 Å². The number of rotatable bonds is 3. The highest BCUT2D eigenvalue weighted by atomic mass is 79.9. The van der Waals surface area contributed by atoms with Gasteiger partial charge in [-0.2, -0.15) is 4.98 Å². The molecular weight excluding hydrogens is 406 g/mol. The fourth-order valence-corrected chi connectivity index (χ4v) is 3.62. The molecule has 1 atom stereocenters. The van der Waals surface area contributed by atoms with Crippen LogP contribution in [0.15, 0.2) is 57.5 Å². The van der Waals surface area contributed by atoms with E-state index in [0.29, 0.717) is 23.8 Å². The first-order valence-electron chi connectivity index (χ1n) is 9.05. The van der Waals surface area contributed by atoms with Gasteiger partial charge in [-0.1, -0.05) is 50.9 Å². The summed E-state index contributed by atoms with van der Waals surface area (Å²) in [5, 5.41) is 4.13. The molecule has 3 aromatic rings. The summed E-state index contributed by atoms with van der Waals surface area (Å²) in [4.78, 5) is 19.3. The number of carbonyl (C=O) groups excluding carboxylic acids is 1. The molecule has 1 amide bonds. The number of carbonyl (C=O) groups is 1. The van der Waals surface area contributed by atoms with Crippen molar-refractivity contribution in [1.82, 2.24) is 15.0 Å². The van der Waals surface area contributed by atoms with Crippen LogP contribution in [0.4, 0.5) is 0 Å². The molecule has 4 rings (SSSR count). The van der Waals surface area contributed by atoms with Crippen LogP contribution < -0.4 is 0 Å². The van der Waals surface area contributed by atoms with Crippen molar-refractivity contribution in [2.75, 3.05) is 13.1 Å². The van der Waals surface area contributed by atoms with Crippen molar-refractivity contribution in [1.29, 1.82) is 0 Å². The van der Waals surface area contributed by atoms with Crippen molar-refractivity contribution >= 4 is 21.8 Å². The molecule has 0 N–H and O–H groups in total. The molecule has 0 aliphatic carbocycles. The molecule has 6 heteroatoms.